The van der Waals surface area contributed by atoms with Gasteiger partial charge in [0, 0.05) is 24.8 Å². The number of nitrogens with zero attached hydrogens (tertiary/aromatic N) is 1. The second kappa shape index (κ2) is 9.75. The van der Waals surface area contributed by atoms with Crippen molar-refractivity contribution in [2.24, 2.45) is 0 Å². The number of morpholine rings is 1. The molecular weight excluding hydrogens is 464 g/mol. The summed E-state index contributed by atoms with van der Waals surface area (Å²) in [7, 11) is -3.76. The number of ether oxygens (including phenoxy) is 2. The number of carbonyl (C=O) groups excluding carboxylic acids is 2. The molecule has 0 radical (unpaired) electrons. The summed E-state index contributed by atoms with van der Waals surface area (Å²) in [6.45, 7) is 2.14. The van der Waals surface area contributed by atoms with Crippen molar-refractivity contribution in [3.05, 3.63) is 70.1 Å². The van der Waals surface area contributed by atoms with Crippen LogP contribution in [-0.4, -0.2) is 57.5 Å². The minimum absolute atomic E-state index is 0.0714. The number of para-hydroxylation sites is 1. The molecule has 34 heavy (non-hydrogen) atoms. The lowest BCUT2D eigenvalue weighted by molar-refractivity contribution is -0.119. The van der Waals surface area contributed by atoms with Crippen LogP contribution in [0.1, 0.15) is 16.1 Å². The number of hydrogen-bond acceptors (Lipinski definition) is 8. The monoisotopic (exact) mass is 486 g/mol. The average Bonchev–Trinajstić information content (AvgIpc) is 2.84. The lowest BCUT2D eigenvalue weighted by Gasteiger charge is -2.26. The van der Waals surface area contributed by atoms with E-state index < -0.39 is 33.9 Å². The van der Waals surface area contributed by atoms with Crippen LogP contribution < -0.4 is 10.7 Å². The molecule has 3 aromatic rings. The van der Waals surface area contributed by atoms with E-state index in [1.807, 2.05) is 0 Å². The predicted octanol–water partition coefficient (Wildman–Crippen LogP) is 1.92. The Hall–Kier alpha value is -3.54. The number of carbonyl (C=O) groups is 2. The Kier molecular flexibility index (Phi) is 6.77. The maximum absolute atomic E-state index is 13.0. The standard InChI is InChI=1S/C23H22N2O8S/c1-15-6-7-16(12-21(15)34(29,30)25-8-10-31-11-9-25)24-22(27)14-32-23(28)20-13-18(26)17-4-2-3-5-19(17)33-20/h2-7,12-13H,8-11,14H2,1H3,(H,24,27). The van der Waals surface area contributed by atoms with E-state index in [9.17, 15) is 22.8 Å². The van der Waals surface area contributed by atoms with Gasteiger partial charge in [0.1, 0.15) is 5.58 Å². The summed E-state index contributed by atoms with van der Waals surface area (Å²) in [5, 5.41) is 2.83. The molecular formula is C23H22N2O8S. The SMILES string of the molecule is Cc1ccc(NC(=O)COC(=O)c2cc(=O)c3ccccc3o2)cc1S(=O)(=O)N1CCOCC1. The number of anilines is 1. The Morgan fingerprint density at radius 2 is 1.82 bits per heavy atom. The molecule has 4 rings (SSSR count). The second-order valence-electron chi connectivity index (χ2n) is 7.59. The first-order valence-corrected chi connectivity index (χ1v) is 11.9. The summed E-state index contributed by atoms with van der Waals surface area (Å²) in [6.07, 6.45) is 0. The first kappa shape index (κ1) is 23.6. The Balaban J connectivity index is 1.43. The Morgan fingerprint density at radius 1 is 1.09 bits per heavy atom. The van der Waals surface area contributed by atoms with Crippen molar-refractivity contribution in [3.8, 4) is 0 Å². The van der Waals surface area contributed by atoms with Gasteiger partial charge < -0.3 is 19.2 Å². The fourth-order valence-corrected chi connectivity index (χ4v) is 5.14. The van der Waals surface area contributed by atoms with E-state index in [2.05, 4.69) is 5.32 Å². The van der Waals surface area contributed by atoms with Crippen molar-refractivity contribution in [2.45, 2.75) is 11.8 Å². The van der Waals surface area contributed by atoms with Crippen LogP contribution in [0.3, 0.4) is 0 Å². The highest BCUT2D eigenvalue weighted by molar-refractivity contribution is 7.89. The van der Waals surface area contributed by atoms with Crippen LogP contribution in [0.5, 0.6) is 0 Å². The van der Waals surface area contributed by atoms with Crippen molar-refractivity contribution >= 4 is 38.6 Å². The maximum atomic E-state index is 13.0. The number of amides is 1. The zero-order valence-electron chi connectivity index (χ0n) is 18.3. The van der Waals surface area contributed by atoms with Gasteiger partial charge in [-0.15, -0.1) is 0 Å². The number of esters is 1. The first-order valence-electron chi connectivity index (χ1n) is 10.4. The Morgan fingerprint density at radius 3 is 2.59 bits per heavy atom. The molecule has 1 aliphatic heterocycles. The molecule has 1 N–H and O–H groups in total. The van der Waals surface area contributed by atoms with Crippen LogP contribution in [0.2, 0.25) is 0 Å². The topological polar surface area (TPSA) is 132 Å². The van der Waals surface area contributed by atoms with Gasteiger partial charge in [-0.1, -0.05) is 18.2 Å². The van der Waals surface area contributed by atoms with Gasteiger partial charge >= 0.3 is 5.97 Å². The third kappa shape index (κ3) is 5.01. The van der Waals surface area contributed by atoms with E-state index in [0.717, 1.165) is 6.07 Å². The predicted molar refractivity (Wildman–Crippen MR) is 122 cm³/mol. The summed E-state index contributed by atoms with van der Waals surface area (Å²) in [6, 6.07) is 11.9. The molecule has 2 heterocycles. The largest absolute Gasteiger partial charge is 0.450 e. The van der Waals surface area contributed by atoms with E-state index in [1.54, 1.807) is 43.3 Å². The van der Waals surface area contributed by atoms with Crippen molar-refractivity contribution < 1.29 is 31.9 Å². The fraction of sp³-hybridized carbons (Fsp3) is 0.261. The van der Waals surface area contributed by atoms with Gasteiger partial charge in [-0.05, 0) is 36.8 Å². The fourth-order valence-electron chi connectivity index (χ4n) is 3.49. The van der Waals surface area contributed by atoms with E-state index in [1.165, 1.54) is 10.4 Å². The van der Waals surface area contributed by atoms with Crippen molar-refractivity contribution in [1.82, 2.24) is 4.31 Å². The molecule has 10 nitrogen and oxygen atoms in total. The van der Waals surface area contributed by atoms with Crippen LogP contribution in [0.15, 0.2) is 62.6 Å². The zero-order chi connectivity index (χ0) is 24.3. The molecule has 1 aromatic heterocycles. The number of fused-ring (bicyclic) bond motifs is 1. The third-order valence-corrected chi connectivity index (χ3v) is 7.27. The van der Waals surface area contributed by atoms with Crippen LogP contribution in [0.25, 0.3) is 11.0 Å². The van der Waals surface area contributed by atoms with Crippen LogP contribution in [0, 0.1) is 6.92 Å². The van der Waals surface area contributed by atoms with Crippen molar-refractivity contribution in [1.29, 1.82) is 0 Å². The highest BCUT2D eigenvalue weighted by Gasteiger charge is 2.28. The van der Waals surface area contributed by atoms with Crippen molar-refractivity contribution in [3.63, 3.8) is 0 Å². The number of nitrogens with one attached hydrogen (secondary N) is 1. The minimum Gasteiger partial charge on any atom is -0.450 e. The molecule has 0 unspecified atom stereocenters. The second-order valence-corrected chi connectivity index (χ2v) is 9.50. The Labute approximate surface area is 195 Å². The summed E-state index contributed by atoms with van der Waals surface area (Å²) in [5.74, 6) is -1.99. The number of sulfonamides is 1. The highest BCUT2D eigenvalue weighted by Crippen LogP contribution is 2.24. The third-order valence-electron chi connectivity index (χ3n) is 5.23. The maximum Gasteiger partial charge on any atom is 0.374 e. The molecule has 2 aromatic carbocycles. The van der Waals surface area contributed by atoms with Gasteiger partial charge in [0.2, 0.25) is 15.8 Å². The summed E-state index contributed by atoms with van der Waals surface area (Å²) < 4.78 is 42.9. The molecule has 178 valence electrons. The van der Waals surface area contributed by atoms with Gasteiger partial charge in [0.05, 0.1) is 23.5 Å². The van der Waals surface area contributed by atoms with E-state index >= 15 is 0 Å². The minimum atomic E-state index is -3.76. The van der Waals surface area contributed by atoms with Crippen molar-refractivity contribution in [2.75, 3.05) is 38.2 Å². The molecule has 0 aliphatic carbocycles. The van der Waals surface area contributed by atoms with E-state index in [4.69, 9.17) is 13.9 Å². The lowest BCUT2D eigenvalue weighted by Crippen LogP contribution is -2.40. The van der Waals surface area contributed by atoms with Crippen LogP contribution in [-0.2, 0) is 24.3 Å². The molecule has 1 aliphatic rings. The summed E-state index contributed by atoms with van der Waals surface area (Å²) in [5.41, 5.74) is 0.574. The van der Waals surface area contributed by atoms with E-state index in [-0.39, 0.29) is 35.0 Å². The van der Waals surface area contributed by atoms with Crippen LogP contribution >= 0.6 is 0 Å². The average molecular weight is 487 g/mol. The molecule has 1 fully saturated rings. The number of rotatable bonds is 6. The zero-order valence-corrected chi connectivity index (χ0v) is 19.1. The summed E-state index contributed by atoms with van der Waals surface area (Å²) in [4.78, 5) is 36.8. The number of benzene rings is 2. The molecule has 1 saturated heterocycles. The lowest BCUT2D eigenvalue weighted by atomic mass is 10.2. The molecule has 0 atom stereocenters. The number of hydrogen-bond donors (Lipinski definition) is 1. The van der Waals surface area contributed by atoms with Gasteiger partial charge in [0.15, 0.2) is 12.0 Å². The normalized spacial score (nSPS) is 14.6. The highest BCUT2D eigenvalue weighted by atomic mass is 32.2. The van der Waals surface area contributed by atoms with Crippen LogP contribution in [0.4, 0.5) is 5.69 Å². The molecule has 0 saturated carbocycles. The van der Waals surface area contributed by atoms with E-state index in [0.29, 0.717) is 24.2 Å². The van der Waals surface area contributed by atoms with Gasteiger partial charge in [0.25, 0.3) is 5.91 Å². The molecule has 1 amide bonds. The smallest absolute Gasteiger partial charge is 0.374 e. The molecule has 11 heteroatoms. The first-order chi connectivity index (χ1) is 16.3. The number of aryl methyl sites for hydroxylation is 1. The van der Waals surface area contributed by atoms with Gasteiger partial charge in [-0.25, -0.2) is 13.2 Å². The Bertz CT molecular complexity index is 1410. The van der Waals surface area contributed by atoms with Gasteiger partial charge in [-0.2, -0.15) is 4.31 Å². The molecule has 0 bridgehead atoms. The molecule has 0 spiro atoms. The quantitative estimate of drug-likeness (QED) is 0.523. The summed E-state index contributed by atoms with van der Waals surface area (Å²) >= 11 is 0. The van der Waals surface area contributed by atoms with Gasteiger partial charge in [-0.3, -0.25) is 9.59 Å².